The Bertz CT molecular complexity index is 514. The van der Waals surface area contributed by atoms with Crippen LogP contribution in [0.3, 0.4) is 0 Å². The molecule has 3 nitrogen and oxygen atoms in total. The summed E-state index contributed by atoms with van der Waals surface area (Å²) in [6.07, 6.45) is 3.86. The van der Waals surface area contributed by atoms with Crippen molar-refractivity contribution in [2.45, 2.75) is 44.6 Å². The largest absolute Gasteiger partial charge is 0.379 e. The Kier molecular flexibility index (Phi) is 4.14. The normalized spacial score (nSPS) is 21.0. The fourth-order valence-corrected chi connectivity index (χ4v) is 3.29. The maximum atomic E-state index is 13.0. The van der Waals surface area contributed by atoms with Crippen molar-refractivity contribution in [3.63, 3.8) is 0 Å². The van der Waals surface area contributed by atoms with Gasteiger partial charge >= 0.3 is 0 Å². The van der Waals surface area contributed by atoms with Gasteiger partial charge in [0.25, 0.3) is 0 Å². The predicted molar refractivity (Wildman–Crippen MR) is 83.8 cm³/mol. The average molecular weight is 287 g/mol. The standard InChI is InChI=1S/C18H25NO2/c1-18(2,19-9-11-21-12-10-19)17(20)16-8-4-7-15(13-16)14-5-3-6-14/h4,7-8,13-14H,3,5-6,9-12H2,1-2H3. The van der Waals surface area contributed by atoms with Crippen molar-refractivity contribution in [2.24, 2.45) is 0 Å². The summed E-state index contributed by atoms with van der Waals surface area (Å²) in [5.41, 5.74) is 1.74. The molecular formula is C18H25NO2. The first kappa shape index (κ1) is 14.7. The van der Waals surface area contributed by atoms with Gasteiger partial charge in [0.15, 0.2) is 5.78 Å². The fourth-order valence-electron chi connectivity index (χ4n) is 3.29. The molecule has 114 valence electrons. The highest BCUT2D eigenvalue weighted by molar-refractivity contribution is 6.02. The summed E-state index contributed by atoms with van der Waals surface area (Å²) < 4.78 is 5.40. The molecule has 0 N–H and O–H groups in total. The second-order valence-corrected chi connectivity index (χ2v) is 6.74. The first-order valence-corrected chi connectivity index (χ1v) is 8.06. The summed E-state index contributed by atoms with van der Waals surface area (Å²) in [5.74, 6) is 0.898. The van der Waals surface area contributed by atoms with Crippen LogP contribution in [0.25, 0.3) is 0 Å². The Balaban J connectivity index is 1.79. The lowest BCUT2D eigenvalue weighted by Gasteiger charge is -2.39. The predicted octanol–water partition coefficient (Wildman–Crippen LogP) is 3.25. The highest BCUT2D eigenvalue weighted by Gasteiger charge is 2.36. The second-order valence-electron chi connectivity index (χ2n) is 6.74. The zero-order chi connectivity index (χ0) is 14.9. The van der Waals surface area contributed by atoms with Crippen molar-refractivity contribution in [3.8, 4) is 0 Å². The molecule has 0 aromatic heterocycles. The van der Waals surface area contributed by atoms with E-state index in [1.54, 1.807) is 0 Å². The van der Waals surface area contributed by atoms with Gasteiger partial charge in [-0.05, 0) is 44.2 Å². The summed E-state index contributed by atoms with van der Waals surface area (Å²) in [6, 6.07) is 8.29. The van der Waals surface area contributed by atoms with E-state index in [0.717, 1.165) is 31.9 Å². The molecule has 2 fully saturated rings. The van der Waals surface area contributed by atoms with E-state index in [1.165, 1.54) is 24.8 Å². The highest BCUT2D eigenvalue weighted by Crippen LogP contribution is 2.36. The Hall–Kier alpha value is -1.19. The highest BCUT2D eigenvalue weighted by atomic mass is 16.5. The number of nitrogens with zero attached hydrogens (tertiary/aromatic N) is 1. The zero-order valence-corrected chi connectivity index (χ0v) is 13.1. The molecule has 0 radical (unpaired) electrons. The summed E-state index contributed by atoms with van der Waals surface area (Å²) in [4.78, 5) is 15.2. The number of ketones is 1. The summed E-state index contributed by atoms with van der Waals surface area (Å²) >= 11 is 0. The molecule has 1 aromatic carbocycles. The van der Waals surface area contributed by atoms with Crippen LogP contribution >= 0.6 is 0 Å². The average Bonchev–Trinajstić information content (AvgIpc) is 2.46. The van der Waals surface area contributed by atoms with Crippen molar-refractivity contribution >= 4 is 5.78 Å². The molecule has 0 unspecified atom stereocenters. The number of hydrogen-bond donors (Lipinski definition) is 0. The SMILES string of the molecule is CC(C)(C(=O)c1cccc(C2CCC2)c1)N1CCOCC1. The van der Waals surface area contributed by atoms with Crippen LogP contribution in [-0.2, 0) is 4.74 Å². The number of hydrogen-bond acceptors (Lipinski definition) is 3. The van der Waals surface area contributed by atoms with Crippen LogP contribution in [0, 0.1) is 0 Å². The first-order chi connectivity index (χ1) is 10.1. The van der Waals surface area contributed by atoms with E-state index < -0.39 is 5.54 Å². The van der Waals surface area contributed by atoms with E-state index in [4.69, 9.17) is 4.74 Å². The number of rotatable bonds is 4. The van der Waals surface area contributed by atoms with E-state index in [-0.39, 0.29) is 5.78 Å². The molecule has 1 aliphatic heterocycles. The van der Waals surface area contributed by atoms with Gasteiger partial charge in [0, 0.05) is 18.7 Å². The molecular weight excluding hydrogens is 262 g/mol. The quantitative estimate of drug-likeness (QED) is 0.796. The molecule has 0 spiro atoms. The Morgan fingerprint density at radius 1 is 1.24 bits per heavy atom. The smallest absolute Gasteiger partial charge is 0.182 e. The minimum atomic E-state index is -0.456. The molecule has 1 aliphatic carbocycles. The van der Waals surface area contributed by atoms with Crippen LogP contribution in [0.1, 0.15) is 54.9 Å². The van der Waals surface area contributed by atoms with Gasteiger partial charge in [0.05, 0.1) is 18.8 Å². The minimum Gasteiger partial charge on any atom is -0.379 e. The Labute approximate surface area is 127 Å². The molecule has 0 amide bonds. The number of morpholine rings is 1. The van der Waals surface area contributed by atoms with E-state index in [9.17, 15) is 4.79 Å². The van der Waals surface area contributed by atoms with Gasteiger partial charge in [-0.3, -0.25) is 9.69 Å². The van der Waals surface area contributed by atoms with Crippen LogP contribution in [-0.4, -0.2) is 42.5 Å². The molecule has 1 heterocycles. The lowest BCUT2D eigenvalue weighted by atomic mass is 9.79. The number of ether oxygens (including phenoxy) is 1. The van der Waals surface area contributed by atoms with Gasteiger partial charge in [0.2, 0.25) is 0 Å². The van der Waals surface area contributed by atoms with Crippen molar-refractivity contribution in [1.82, 2.24) is 4.90 Å². The molecule has 1 saturated carbocycles. The maximum Gasteiger partial charge on any atom is 0.182 e. The molecule has 2 aliphatic rings. The summed E-state index contributed by atoms with van der Waals surface area (Å²) in [6.45, 7) is 7.19. The third kappa shape index (κ3) is 2.90. The van der Waals surface area contributed by atoms with Crippen LogP contribution in [0.5, 0.6) is 0 Å². The van der Waals surface area contributed by atoms with Gasteiger partial charge in [-0.1, -0.05) is 24.6 Å². The second kappa shape index (κ2) is 5.90. The fraction of sp³-hybridized carbons (Fsp3) is 0.611. The van der Waals surface area contributed by atoms with Crippen molar-refractivity contribution in [1.29, 1.82) is 0 Å². The maximum absolute atomic E-state index is 13.0. The van der Waals surface area contributed by atoms with Crippen LogP contribution in [0.4, 0.5) is 0 Å². The Morgan fingerprint density at radius 2 is 1.95 bits per heavy atom. The summed E-state index contributed by atoms with van der Waals surface area (Å²) in [5, 5.41) is 0. The van der Waals surface area contributed by atoms with Gasteiger partial charge in [-0.25, -0.2) is 0 Å². The number of carbonyl (C=O) groups excluding carboxylic acids is 1. The van der Waals surface area contributed by atoms with Crippen molar-refractivity contribution in [3.05, 3.63) is 35.4 Å². The Morgan fingerprint density at radius 3 is 2.57 bits per heavy atom. The summed E-state index contributed by atoms with van der Waals surface area (Å²) in [7, 11) is 0. The molecule has 1 aromatic rings. The van der Waals surface area contributed by atoms with E-state index >= 15 is 0 Å². The number of Topliss-reactive ketones (excluding diaryl/α,β-unsaturated/α-hetero) is 1. The molecule has 0 atom stereocenters. The third-order valence-corrected chi connectivity index (χ3v) is 5.08. The van der Waals surface area contributed by atoms with Gasteiger partial charge in [-0.2, -0.15) is 0 Å². The minimum absolute atomic E-state index is 0.227. The van der Waals surface area contributed by atoms with Gasteiger partial charge in [0.1, 0.15) is 0 Å². The van der Waals surface area contributed by atoms with Gasteiger partial charge < -0.3 is 4.74 Å². The van der Waals surface area contributed by atoms with E-state index in [0.29, 0.717) is 5.92 Å². The number of benzene rings is 1. The van der Waals surface area contributed by atoms with Crippen molar-refractivity contribution in [2.75, 3.05) is 26.3 Å². The lowest BCUT2D eigenvalue weighted by Crippen LogP contribution is -2.54. The molecule has 21 heavy (non-hydrogen) atoms. The van der Waals surface area contributed by atoms with Crippen LogP contribution in [0.2, 0.25) is 0 Å². The van der Waals surface area contributed by atoms with Crippen LogP contribution in [0.15, 0.2) is 24.3 Å². The van der Waals surface area contributed by atoms with E-state index in [2.05, 4.69) is 17.0 Å². The lowest BCUT2D eigenvalue weighted by molar-refractivity contribution is -0.00430. The number of carbonyl (C=O) groups is 1. The first-order valence-electron chi connectivity index (χ1n) is 8.06. The van der Waals surface area contributed by atoms with Crippen molar-refractivity contribution < 1.29 is 9.53 Å². The topological polar surface area (TPSA) is 29.5 Å². The third-order valence-electron chi connectivity index (χ3n) is 5.08. The molecule has 0 bridgehead atoms. The monoisotopic (exact) mass is 287 g/mol. The molecule has 1 saturated heterocycles. The van der Waals surface area contributed by atoms with Crippen LogP contribution < -0.4 is 0 Å². The van der Waals surface area contributed by atoms with E-state index in [1.807, 2.05) is 26.0 Å². The van der Waals surface area contributed by atoms with Gasteiger partial charge in [-0.15, -0.1) is 0 Å². The molecule has 3 rings (SSSR count). The zero-order valence-electron chi connectivity index (χ0n) is 13.1. The molecule has 3 heteroatoms.